The molecule has 0 N–H and O–H groups in total. The average molecular weight is 192 g/mol. The number of Topliss-reactive ketones (excluding diaryl/α,β-unsaturated/α-hetero) is 1. The quantitative estimate of drug-likeness (QED) is 0.714. The van der Waals surface area contributed by atoms with Crippen LogP contribution in [-0.4, -0.2) is 5.78 Å². The van der Waals surface area contributed by atoms with Gasteiger partial charge in [0.05, 0.1) is 0 Å². The van der Waals surface area contributed by atoms with Gasteiger partial charge in [0, 0.05) is 12.8 Å². The number of rotatable bonds is 3. The predicted octanol–water partition coefficient (Wildman–Crippen LogP) is 3.62. The summed E-state index contributed by atoms with van der Waals surface area (Å²) >= 11 is 0. The van der Waals surface area contributed by atoms with E-state index < -0.39 is 0 Å². The number of carbonyl (C=O) groups excluding carboxylic acids is 1. The van der Waals surface area contributed by atoms with Crippen LogP contribution in [0.2, 0.25) is 0 Å². The molecule has 1 heteroatoms. The second kappa shape index (κ2) is 8.49. The molecule has 14 heavy (non-hydrogen) atoms. The molecule has 0 radical (unpaired) electrons. The first-order chi connectivity index (χ1) is 6.74. The molecule has 0 saturated carbocycles. The highest BCUT2D eigenvalue weighted by Gasteiger charge is 1.86. The van der Waals surface area contributed by atoms with Gasteiger partial charge < -0.3 is 0 Å². The van der Waals surface area contributed by atoms with Crippen LogP contribution in [0.1, 0.15) is 39.2 Å². The summed E-state index contributed by atoms with van der Waals surface area (Å²) in [6.07, 6.45) is 2.52. The Hall–Kier alpha value is -1.11. The van der Waals surface area contributed by atoms with Crippen molar-refractivity contribution in [1.29, 1.82) is 0 Å². The van der Waals surface area contributed by atoms with E-state index >= 15 is 0 Å². The molecule has 0 fully saturated rings. The number of hydrogen-bond acceptors (Lipinski definition) is 1. The second-order valence-corrected chi connectivity index (χ2v) is 3.08. The molecule has 1 aromatic carbocycles. The van der Waals surface area contributed by atoms with Crippen LogP contribution < -0.4 is 0 Å². The van der Waals surface area contributed by atoms with E-state index in [0.717, 1.165) is 6.42 Å². The molecule has 0 aliphatic heterocycles. The number of carbonyl (C=O) groups is 1. The van der Waals surface area contributed by atoms with Gasteiger partial charge in [-0.3, -0.25) is 4.79 Å². The molecule has 1 aromatic rings. The maximum absolute atomic E-state index is 10.2. The standard InChI is InChI=1S/C8H10.C5H10O/c1-2-8-6-4-3-5-7-8;1-3-5(6)4-2/h3-7H,2H2,1H3;3-4H2,1-2H3. The Bertz CT molecular complexity index is 233. The Morgan fingerprint density at radius 3 is 1.71 bits per heavy atom. The first-order valence-electron chi connectivity index (χ1n) is 5.30. The highest BCUT2D eigenvalue weighted by Crippen LogP contribution is 1.96. The van der Waals surface area contributed by atoms with Crippen LogP contribution in [-0.2, 0) is 11.2 Å². The summed E-state index contributed by atoms with van der Waals surface area (Å²) in [6.45, 7) is 5.92. The van der Waals surface area contributed by atoms with E-state index in [4.69, 9.17) is 0 Å². The molecule has 0 aliphatic carbocycles. The summed E-state index contributed by atoms with van der Waals surface area (Å²) in [6, 6.07) is 10.5. The Morgan fingerprint density at radius 2 is 1.50 bits per heavy atom. The van der Waals surface area contributed by atoms with Crippen LogP contribution in [0.4, 0.5) is 0 Å². The molecular formula is C13H20O. The van der Waals surface area contributed by atoms with Gasteiger partial charge in [0.15, 0.2) is 0 Å². The van der Waals surface area contributed by atoms with Crippen LogP contribution >= 0.6 is 0 Å². The third-order valence-electron chi connectivity index (χ3n) is 2.04. The predicted molar refractivity (Wildman–Crippen MR) is 61.4 cm³/mol. The number of hydrogen-bond donors (Lipinski definition) is 0. The molecule has 0 spiro atoms. The van der Waals surface area contributed by atoms with Crippen molar-refractivity contribution in [1.82, 2.24) is 0 Å². The third-order valence-corrected chi connectivity index (χ3v) is 2.04. The second-order valence-electron chi connectivity index (χ2n) is 3.08. The first-order valence-corrected chi connectivity index (χ1v) is 5.30. The van der Waals surface area contributed by atoms with Gasteiger partial charge in [0.1, 0.15) is 5.78 Å². The summed E-state index contributed by atoms with van der Waals surface area (Å²) in [4.78, 5) is 10.2. The minimum atomic E-state index is 0.343. The molecule has 0 aliphatic rings. The van der Waals surface area contributed by atoms with Gasteiger partial charge in [-0.1, -0.05) is 51.1 Å². The van der Waals surface area contributed by atoms with Crippen molar-refractivity contribution in [2.45, 2.75) is 40.0 Å². The molecular weight excluding hydrogens is 172 g/mol. The largest absolute Gasteiger partial charge is 0.300 e. The fraction of sp³-hybridized carbons (Fsp3) is 0.462. The van der Waals surface area contributed by atoms with E-state index in [1.54, 1.807) is 0 Å². The molecule has 0 atom stereocenters. The van der Waals surface area contributed by atoms with Gasteiger partial charge in [-0.15, -0.1) is 0 Å². The monoisotopic (exact) mass is 192 g/mol. The smallest absolute Gasteiger partial charge is 0.132 e. The zero-order valence-electron chi connectivity index (χ0n) is 9.42. The zero-order valence-corrected chi connectivity index (χ0v) is 9.42. The van der Waals surface area contributed by atoms with Crippen LogP contribution in [0.15, 0.2) is 30.3 Å². The minimum absolute atomic E-state index is 0.343. The van der Waals surface area contributed by atoms with E-state index in [1.165, 1.54) is 5.56 Å². The first kappa shape index (κ1) is 12.9. The molecule has 78 valence electrons. The lowest BCUT2D eigenvalue weighted by Gasteiger charge is -1.89. The maximum atomic E-state index is 10.2. The Balaban J connectivity index is 0.000000255. The summed E-state index contributed by atoms with van der Waals surface area (Å²) < 4.78 is 0. The van der Waals surface area contributed by atoms with Gasteiger partial charge in [-0.2, -0.15) is 0 Å². The van der Waals surface area contributed by atoms with Gasteiger partial charge in [0.2, 0.25) is 0 Å². The van der Waals surface area contributed by atoms with Crippen molar-refractivity contribution in [3.8, 4) is 0 Å². The molecule has 0 saturated heterocycles. The molecule has 0 amide bonds. The van der Waals surface area contributed by atoms with Crippen LogP contribution in [0, 0.1) is 0 Å². The molecule has 0 unspecified atom stereocenters. The van der Waals surface area contributed by atoms with Crippen molar-refractivity contribution in [3.63, 3.8) is 0 Å². The van der Waals surface area contributed by atoms with Crippen molar-refractivity contribution < 1.29 is 4.79 Å². The number of benzene rings is 1. The molecule has 0 heterocycles. The van der Waals surface area contributed by atoms with Gasteiger partial charge in [-0.05, 0) is 12.0 Å². The molecule has 1 nitrogen and oxygen atoms in total. The molecule has 0 bridgehead atoms. The lowest BCUT2D eigenvalue weighted by atomic mass is 10.2. The van der Waals surface area contributed by atoms with Crippen molar-refractivity contribution in [3.05, 3.63) is 35.9 Å². The van der Waals surface area contributed by atoms with E-state index in [-0.39, 0.29) is 0 Å². The Kier molecular flexibility index (Phi) is 7.81. The summed E-state index contributed by atoms with van der Waals surface area (Å²) in [5.41, 5.74) is 1.41. The van der Waals surface area contributed by atoms with Gasteiger partial charge in [0.25, 0.3) is 0 Å². The van der Waals surface area contributed by atoms with Gasteiger partial charge in [-0.25, -0.2) is 0 Å². The third kappa shape index (κ3) is 6.41. The SMILES string of the molecule is CCC(=O)CC.CCc1ccccc1. The topological polar surface area (TPSA) is 17.1 Å². The summed E-state index contributed by atoms with van der Waals surface area (Å²) in [7, 11) is 0. The molecule has 0 aromatic heterocycles. The average Bonchev–Trinajstić information content (AvgIpc) is 2.30. The zero-order chi connectivity index (χ0) is 10.8. The fourth-order valence-corrected chi connectivity index (χ4v) is 0.964. The lowest BCUT2D eigenvalue weighted by Crippen LogP contribution is -1.88. The number of aryl methyl sites for hydroxylation is 1. The lowest BCUT2D eigenvalue weighted by molar-refractivity contribution is -0.118. The normalized spacial score (nSPS) is 8.79. The minimum Gasteiger partial charge on any atom is -0.300 e. The summed E-state index contributed by atoms with van der Waals surface area (Å²) in [5.74, 6) is 0.343. The van der Waals surface area contributed by atoms with E-state index in [0.29, 0.717) is 18.6 Å². The fourth-order valence-electron chi connectivity index (χ4n) is 0.964. The highest BCUT2D eigenvalue weighted by molar-refractivity contribution is 5.77. The number of ketones is 1. The molecule has 1 rings (SSSR count). The Morgan fingerprint density at radius 1 is 1.00 bits per heavy atom. The van der Waals surface area contributed by atoms with Crippen LogP contribution in [0.25, 0.3) is 0 Å². The van der Waals surface area contributed by atoms with Crippen molar-refractivity contribution in [2.24, 2.45) is 0 Å². The van der Waals surface area contributed by atoms with E-state index in [9.17, 15) is 4.79 Å². The van der Waals surface area contributed by atoms with Crippen molar-refractivity contribution in [2.75, 3.05) is 0 Å². The van der Waals surface area contributed by atoms with E-state index in [1.807, 2.05) is 19.9 Å². The van der Waals surface area contributed by atoms with Crippen LogP contribution in [0.3, 0.4) is 0 Å². The van der Waals surface area contributed by atoms with Crippen LogP contribution in [0.5, 0.6) is 0 Å². The highest BCUT2D eigenvalue weighted by atomic mass is 16.1. The summed E-state index contributed by atoms with van der Waals surface area (Å²) in [5, 5.41) is 0. The maximum Gasteiger partial charge on any atom is 0.132 e. The van der Waals surface area contributed by atoms with E-state index in [2.05, 4.69) is 31.2 Å². The van der Waals surface area contributed by atoms with Crippen molar-refractivity contribution >= 4 is 5.78 Å². The Labute approximate surface area is 87.2 Å². The van der Waals surface area contributed by atoms with Gasteiger partial charge >= 0.3 is 0 Å².